The fourth-order valence-electron chi connectivity index (χ4n) is 2.06. The molecule has 1 heterocycles. The van der Waals surface area contributed by atoms with E-state index in [4.69, 9.17) is 9.57 Å². The minimum Gasteiger partial charge on any atom is -0.497 e. The molecule has 21 heavy (non-hydrogen) atoms. The van der Waals surface area contributed by atoms with E-state index in [9.17, 15) is 0 Å². The first-order valence-corrected chi connectivity index (χ1v) is 6.58. The lowest BCUT2D eigenvalue weighted by Crippen LogP contribution is -2.30. The van der Waals surface area contributed by atoms with Crippen molar-refractivity contribution in [3.63, 3.8) is 0 Å². The molecule has 0 radical (unpaired) electrons. The second kappa shape index (κ2) is 6.19. The lowest BCUT2D eigenvalue weighted by molar-refractivity contribution is 0.0650. The van der Waals surface area contributed by atoms with E-state index in [2.05, 4.69) is 15.7 Å². The maximum absolute atomic E-state index is 5.27. The molecular formula is C16H15N3O2. The summed E-state index contributed by atoms with van der Waals surface area (Å²) in [5.41, 5.74) is 5.81. The molecule has 0 atom stereocenters. The number of amidine groups is 1. The Balaban J connectivity index is 1.81. The number of nitrogens with one attached hydrogen (secondary N) is 1. The van der Waals surface area contributed by atoms with E-state index in [1.165, 1.54) is 0 Å². The number of rotatable bonds is 3. The maximum atomic E-state index is 5.27. The third-order valence-corrected chi connectivity index (χ3v) is 3.13. The van der Waals surface area contributed by atoms with Gasteiger partial charge >= 0.3 is 0 Å². The molecule has 1 aliphatic rings. The topological polar surface area (TPSA) is 55.2 Å². The van der Waals surface area contributed by atoms with E-state index >= 15 is 0 Å². The van der Waals surface area contributed by atoms with Crippen LogP contribution in [0.3, 0.4) is 0 Å². The third kappa shape index (κ3) is 3.09. The summed E-state index contributed by atoms with van der Waals surface area (Å²) >= 11 is 0. The van der Waals surface area contributed by atoms with Crippen molar-refractivity contribution >= 4 is 12.1 Å². The standard InChI is InChI=1S/C16H15N3O2/c1-20-14-7-4-5-12(9-14)10-17-18-16-15-8-3-2-6-13(15)11-21-19-16/h2-10H,11H2,1H3,(H,18,19). The minimum atomic E-state index is 0.523. The summed E-state index contributed by atoms with van der Waals surface area (Å²) in [6.07, 6.45) is 1.68. The second-order valence-electron chi connectivity index (χ2n) is 4.52. The van der Waals surface area contributed by atoms with Gasteiger partial charge in [0.15, 0.2) is 5.84 Å². The number of hydrogen-bond donors (Lipinski definition) is 1. The number of benzene rings is 2. The molecule has 0 fully saturated rings. The van der Waals surface area contributed by atoms with Crippen molar-refractivity contribution in [3.05, 3.63) is 65.2 Å². The van der Waals surface area contributed by atoms with Crippen LogP contribution in [-0.2, 0) is 11.4 Å². The summed E-state index contributed by atoms with van der Waals surface area (Å²) in [7, 11) is 1.64. The SMILES string of the molecule is COc1cccc(C=N/N=C2\NOCc3ccccc32)c1. The Morgan fingerprint density at radius 2 is 2.10 bits per heavy atom. The second-order valence-corrected chi connectivity index (χ2v) is 4.52. The van der Waals surface area contributed by atoms with Crippen molar-refractivity contribution in [2.24, 2.45) is 10.2 Å². The van der Waals surface area contributed by atoms with Gasteiger partial charge in [-0.1, -0.05) is 36.4 Å². The molecule has 0 saturated carbocycles. The summed E-state index contributed by atoms with van der Waals surface area (Å²) in [4.78, 5) is 5.27. The van der Waals surface area contributed by atoms with Crippen LogP contribution in [0.15, 0.2) is 58.7 Å². The lowest BCUT2D eigenvalue weighted by Gasteiger charge is -2.18. The molecule has 2 aromatic rings. The average molecular weight is 281 g/mol. The van der Waals surface area contributed by atoms with Crippen LogP contribution in [0.4, 0.5) is 0 Å². The van der Waals surface area contributed by atoms with Gasteiger partial charge < -0.3 is 4.74 Å². The maximum Gasteiger partial charge on any atom is 0.179 e. The van der Waals surface area contributed by atoms with Crippen LogP contribution < -0.4 is 10.2 Å². The molecule has 0 aromatic heterocycles. The molecule has 5 nitrogen and oxygen atoms in total. The molecule has 1 N–H and O–H groups in total. The van der Waals surface area contributed by atoms with Gasteiger partial charge in [0.1, 0.15) is 12.4 Å². The fraction of sp³-hybridized carbons (Fsp3) is 0.125. The summed E-state index contributed by atoms with van der Waals surface area (Å²) in [5, 5.41) is 8.29. The number of hydroxylamine groups is 1. The molecule has 106 valence electrons. The first-order valence-electron chi connectivity index (χ1n) is 6.58. The summed E-state index contributed by atoms with van der Waals surface area (Å²) in [5.74, 6) is 1.40. The normalized spacial score (nSPS) is 15.8. The van der Waals surface area contributed by atoms with Crippen molar-refractivity contribution in [2.45, 2.75) is 6.61 Å². The van der Waals surface area contributed by atoms with Crippen LogP contribution in [0.2, 0.25) is 0 Å². The number of hydrogen-bond acceptors (Lipinski definition) is 4. The number of ether oxygens (including phenoxy) is 1. The first-order chi connectivity index (χ1) is 10.4. The molecule has 0 aliphatic carbocycles. The Labute approximate surface area is 122 Å². The van der Waals surface area contributed by atoms with E-state index in [-0.39, 0.29) is 0 Å². The predicted molar refractivity (Wildman–Crippen MR) is 81.5 cm³/mol. The molecule has 0 saturated heterocycles. The minimum absolute atomic E-state index is 0.523. The van der Waals surface area contributed by atoms with Crippen LogP contribution in [0.25, 0.3) is 0 Å². The van der Waals surface area contributed by atoms with Crippen LogP contribution in [-0.4, -0.2) is 19.2 Å². The molecule has 1 aliphatic heterocycles. The third-order valence-electron chi connectivity index (χ3n) is 3.13. The molecular weight excluding hydrogens is 266 g/mol. The van der Waals surface area contributed by atoms with E-state index in [1.54, 1.807) is 13.3 Å². The Kier molecular flexibility index (Phi) is 3.93. The molecule has 5 heteroatoms. The van der Waals surface area contributed by atoms with Crippen LogP contribution in [0.1, 0.15) is 16.7 Å². The largest absolute Gasteiger partial charge is 0.497 e. The summed E-state index contributed by atoms with van der Waals surface area (Å²) < 4.78 is 5.17. The number of methoxy groups -OCH3 is 1. The van der Waals surface area contributed by atoms with Gasteiger partial charge in [-0.2, -0.15) is 5.10 Å². The van der Waals surface area contributed by atoms with Crippen molar-refractivity contribution < 1.29 is 9.57 Å². The average Bonchev–Trinajstić information content (AvgIpc) is 2.55. The summed E-state index contributed by atoms with van der Waals surface area (Å²) in [6.45, 7) is 0.523. The highest BCUT2D eigenvalue weighted by atomic mass is 16.6. The predicted octanol–water partition coefficient (Wildman–Crippen LogP) is 2.51. The zero-order chi connectivity index (χ0) is 14.5. The first kappa shape index (κ1) is 13.3. The highest BCUT2D eigenvalue weighted by molar-refractivity contribution is 6.00. The Morgan fingerprint density at radius 3 is 3.00 bits per heavy atom. The van der Waals surface area contributed by atoms with Gasteiger partial charge in [0.25, 0.3) is 0 Å². The molecule has 3 rings (SSSR count). The van der Waals surface area contributed by atoms with Gasteiger partial charge in [0.05, 0.1) is 13.3 Å². The van der Waals surface area contributed by atoms with Gasteiger partial charge in [-0.25, -0.2) is 5.48 Å². The fourth-order valence-corrected chi connectivity index (χ4v) is 2.06. The van der Waals surface area contributed by atoms with Crippen molar-refractivity contribution in [3.8, 4) is 5.75 Å². The van der Waals surface area contributed by atoms with E-state index < -0.39 is 0 Å². The van der Waals surface area contributed by atoms with Crippen molar-refractivity contribution in [1.29, 1.82) is 0 Å². The van der Waals surface area contributed by atoms with E-state index in [0.29, 0.717) is 12.4 Å². The Morgan fingerprint density at radius 1 is 1.19 bits per heavy atom. The zero-order valence-corrected chi connectivity index (χ0v) is 11.6. The highest BCUT2D eigenvalue weighted by Gasteiger charge is 2.14. The zero-order valence-electron chi connectivity index (χ0n) is 11.6. The smallest absolute Gasteiger partial charge is 0.179 e. The molecule has 0 amide bonds. The van der Waals surface area contributed by atoms with Gasteiger partial charge in [0, 0.05) is 5.56 Å². The van der Waals surface area contributed by atoms with Crippen LogP contribution >= 0.6 is 0 Å². The monoisotopic (exact) mass is 281 g/mol. The molecule has 0 bridgehead atoms. The number of fused-ring (bicyclic) bond motifs is 1. The molecule has 0 spiro atoms. The van der Waals surface area contributed by atoms with Crippen molar-refractivity contribution in [1.82, 2.24) is 5.48 Å². The molecule has 2 aromatic carbocycles. The van der Waals surface area contributed by atoms with E-state index in [0.717, 1.165) is 22.4 Å². The van der Waals surface area contributed by atoms with Crippen molar-refractivity contribution in [2.75, 3.05) is 7.11 Å². The van der Waals surface area contributed by atoms with E-state index in [1.807, 2.05) is 48.5 Å². The van der Waals surface area contributed by atoms with Crippen LogP contribution in [0.5, 0.6) is 5.75 Å². The van der Waals surface area contributed by atoms with Crippen LogP contribution in [0, 0.1) is 0 Å². The lowest BCUT2D eigenvalue weighted by atomic mass is 10.1. The summed E-state index contributed by atoms with van der Waals surface area (Å²) in [6, 6.07) is 15.6. The number of nitrogens with zero attached hydrogens (tertiary/aromatic N) is 2. The highest BCUT2D eigenvalue weighted by Crippen LogP contribution is 2.14. The van der Waals surface area contributed by atoms with Gasteiger partial charge in [-0.3, -0.25) is 4.84 Å². The molecule has 0 unspecified atom stereocenters. The quantitative estimate of drug-likeness (QED) is 0.694. The van der Waals surface area contributed by atoms with Gasteiger partial charge in [-0.05, 0) is 23.3 Å². The van der Waals surface area contributed by atoms with Gasteiger partial charge in [0.2, 0.25) is 0 Å². The Bertz CT molecular complexity index is 695. The van der Waals surface area contributed by atoms with Gasteiger partial charge in [-0.15, -0.1) is 5.10 Å². The Hall–Kier alpha value is -2.66.